The number of carbonyl (C=O) groups is 2. The zero-order valence-electron chi connectivity index (χ0n) is 19.6. The topological polar surface area (TPSA) is 110 Å². The molecular weight excluding hydrogens is 470 g/mol. The number of sulfonamides is 1. The maximum Gasteiger partial charge on any atom is 0.243 e. The van der Waals surface area contributed by atoms with E-state index in [1.54, 1.807) is 18.2 Å². The number of Topliss-reactive ketones (excluding diaryl/α,β-unsaturated/α-hetero) is 1. The summed E-state index contributed by atoms with van der Waals surface area (Å²) in [7, 11) is -2.08. The van der Waals surface area contributed by atoms with Crippen LogP contribution in [0.5, 0.6) is 5.75 Å². The van der Waals surface area contributed by atoms with Crippen LogP contribution in [-0.4, -0.2) is 67.6 Å². The highest BCUT2D eigenvalue weighted by atomic mass is 32.2. The van der Waals surface area contributed by atoms with Crippen LogP contribution in [0, 0.1) is 0 Å². The molecule has 1 aromatic heterocycles. The first-order valence-corrected chi connectivity index (χ1v) is 12.7. The summed E-state index contributed by atoms with van der Waals surface area (Å²) >= 11 is 0. The Hall–Kier alpha value is -3.50. The van der Waals surface area contributed by atoms with Gasteiger partial charge in [-0.2, -0.15) is 4.31 Å². The number of carbonyl (C=O) groups excluding carboxylic acids is 2. The fraction of sp³-hybridized carbons (Fsp3) is 0.320. The van der Waals surface area contributed by atoms with Crippen LogP contribution in [0.1, 0.15) is 29.6 Å². The number of aromatic nitrogens is 1. The molecule has 0 radical (unpaired) electrons. The van der Waals surface area contributed by atoms with Gasteiger partial charge < -0.3 is 14.1 Å². The van der Waals surface area contributed by atoms with Crippen molar-refractivity contribution in [3.8, 4) is 17.1 Å². The summed E-state index contributed by atoms with van der Waals surface area (Å²) in [5, 5.41) is 0. The van der Waals surface area contributed by atoms with Gasteiger partial charge in [0, 0.05) is 50.1 Å². The summed E-state index contributed by atoms with van der Waals surface area (Å²) in [4.78, 5) is 30.2. The first kappa shape index (κ1) is 24.6. The van der Waals surface area contributed by atoms with E-state index in [1.165, 1.54) is 35.5 Å². The average Bonchev–Trinajstić information content (AvgIpc) is 3.36. The van der Waals surface area contributed by atoms with Gasteiger partial charge in [-0.05, 0) is 43.3 Å². The van der Waals surface area contributed by atoms with Crippen LogP contribution in [0.15, 0.2) is 64.0 Å². The molecule has 10 heteroatoms. The molecule has 184 valence electrons. The van der Waals surface area contributed by atoms with Crippen molar-refractivity contribution in [2.75, 3.05) is 33.3 Å². The molecule has 1 fully saturated rings. The van der Waals surface area contributed by atoms with E-state index in [9.17, 15) is 18.0 Å². The predicted molar refractivity (Wildman–Crippen MR) is 129 cm³/mol. The molecule has 1 aliphatic rings. The third-order valence-corrected chi connectivity index (χ3v) is 7.88. The molecule has 0 bridgehead atoms. The number of aryl methyl sites for hydroxylation is 1. The first-order valence-electron chi connectivity index (χ1n) is 11.3. The van der Waals surface area contributed by atoms with Gasteiger partial charge in [0.15, 0.2) is 17.4 Å². The number of ketones is 1. The number of methoxy groups -OCH3 is 1. The number of amides is 1. The molecule has 35 heavy (non-hydrogen) atoms. The summed E-state index contributed by atoms with van der Waals surface area (Å²) < 4.78 is 38.2. The van der Waals surface area contributed by atoms with Gasteiger partial charge in [0.25, 0.3) is 0 Å². The Balaban J connectivity index is 1.29. The van der Waals surface area contributed by atoms with Crippen LogP contribution in [0.2, 0.25) is 0 Å². The standard InChI is InChI=1S/C25H27N3O6S/c1-18(29)19-5-9-22(10-6-19)35(31,32)28-15-13-27(14-16-28)25(30)12-11-24-26-17-23(34-24)20-3-7-21(33-2)8-4-20/h3-10,17H,11-16H2,1-2H3. The van der Waals surface area contributed by atoms with Crippen molar-refractivity contribution in [1.29, 1.82) is 0 Å². The Bertz CT molecular complexity index is 1290. The molecule has 0 atom stereocenters. The van der Waals surface area contributed by atoms with Crippen LogP contribution in [0.3, 0.4) is 0 Å². The first-order chi connectivity index (χ1) is 16.8. The number of hydrogen-bond donors (Lipinski definition) is 0. The fourth-order valence-electron chi connectivity index (χ4n) is 3.88. The van der Waals surface area contributed by atoms with Gasteiger partial charge in [0.1, 0.15) is 5.75 Å². The predicted octanol–water partition coefficient (Wildman–Crippen LogP) is 3.02. The molecule has 2 aromatic carbocycles. The second-order valence-electron chi connectivity index (χ2n) is 8.21. The third-order valence-electron chi connectivity index (χ3n) is 5.97. The monoisotopic (exact) mass is 497 g/mol. The Kier molecular flexibility index (Phi) is 7.32. The van der Waals surface area contributed by atoms with E-state index in [2.05, 4.69) is 4.98 Å². The molecule has 0 saturated carbocycles. The minimum atomic E-state index is -3.69. The second kappa shape index (κ2) is 10.4. The highest BCUT2D eigenvalue weighted by Gasteiger charge is 2.30. The molecule has 1 aliphatic heterocycles. The number of ether oxygens (including phenoxy) is 1. The van der Waals surface area contributed by atoms with E-state index < -0.39 is 10.0 Å². The van der Waals surface area contributed by atoms with E-state index in [0.29, 0.717) is 36.7 Å². The van der Waals surface area contributed by atoms with Crippen molar-refractivity contribution in [2.24, 2.45) is 0 Å². The molecule has 3 aromatic rings. The maximum atomic E-state index is 12.9. The van der Waals surface area contributed by atoms with Crippen molar-refractivity contribution < 1.29 is 27.2 Å². The lowest BCUT2D eigenvalue weighted by Crippen LogP contribution is -2.50. The number of piperazine rings is 1. The molecule has 0 N–H and O–H groups in total. The van der Waals surface area contributed by atoms with Gasteiger partial charge in [0.2, 0.25) is 15.9 Å². The number of oxazole rings is 1. The lowest BCUT2D eigenvalue weighted by atomic mass is 10.2. The van der Waals surface area contributed by atoms with Gasteiger partial charge in [-0.3, -0.25) is 9.59 Å². The molecule has 0 aliphatic carbocycles. The van der Waals surface area contributed by atoms with Crippen molar-refractivity contribution in [2.45, 2.75) is 24.7 Å². The Morgan fingerprint density at radius 1 is 1.00 bits per heavy atom. The summed E-state index contributed by atoms with van der Waals surface area (Å²) in [5.74, 6) is 1.64. The van der Waals surface area contributed by atoms with E-state index in [0.717, 1.165) is 11.3 Å². The summed E-state index contributed by atoms with van der Waals surface area (Å²) in [6.07, 6.45) is 2.21. The SMILES string of the molecule is COc1ccc(-c2cnc(CCC(=O)N3CCN(S(=O)(=O)c4ccc(C(C)=O)cc4)CC3)o2)cc1. The summed E-state index contributed by atoms with van der Waals surface area (Å²) in [6.45, 7) is 2.48. The Morgan fingerprint density at radius 2 is 1.66 bits per heavy atom. The quantitative estimate of drug-likeness (QED) is 0.440. The van der Waals surface area contributed by atoms with Crippen LogP contribution in [0.4, 0.5) is 0 Å². The average molecular weight is 498 g/mol. The number of benzene rings is 2. The Labute approximate surface area is 204 Å². The molecule has 1 amide bonds. The van der Waals surface area contributed by atoms with Crippen molar-refractivity contribution >= 4 is 21.7 Å². The molecule has 4 rings (SSSR count). The van der Waals surface area contributed by atoms with E-state index in [1.807, 2.05) is 24.3 Å². The van der Waals surface area contributed by atoms with Gasteiger partial charge >= 0.3 is 0 Å². The van der Waals surface area contributed by atoms with Gasteiger partial charge in [-0.1, -0.05) is 12.1 Å². The van der Waals surface area contributed by atoms with Crippen molar-refractivity contribution in [3.63, 3.8) is 0 Å². The van der Waals surface area contributed by atoms with Gasteiger partial charge in [0.05, 0.1) is 18.2 Å². The molecule has 0 spiro atoms. The molecule has 9 nitrogen and oxygen atoms in total. The molecule has 0 unspecified atom stereocenters. The molecule has 2 heterocycles. The lowest BCUT2D eigenvalue weighted by Gasteiger charge is -2.34. The zero-order chi connectivity index (χ0) is 25.0. The molecular formula is C25H27N3O6S. The molecule has 1 saturated heterocycles. The number of hydrogen-bond acceptors (Lipinski definition) is 7. The van der Waals surface area contributed by atoms with Gasteiger partial charge in [-0.25, -0.2) is 13.4 Å². The Morgan fingerprint density at radius 3 is 2.26 bits per heavy atom. The van der Waals surface area contributed by atoms with Crippen molar-refractivity contribution in [1.82, 2.24) is 14.2 Å². The van der Waals surface area contributed by atoms with Crippen LogP contribution in [-0.2, 0) is 21.2 Å². The van der Waals surface area contributed by atoms with Crippen LogP contribution < -0.4 is 4.74 Å². The third kappa shape index (κ3) is 5.60. The zero-order valence-corrected chi connectivity index (χ0v) is 20.5. The van der Waals surface area contributed by atoms with Gasteiger partial charge in [-0.15, -0.1) is 0 Å². The summed E-state index contributed by atoms with van der Waals surface area (Å²) in [5.41, 5.74) is 1.32. The number of nitrogens with zero attached hydrogens (tertiary/aromatic N) is 3. The minimum Gasteiger partial charge on any atom is -0.497 e. The van der Waals surface area contributed by atoms with Crippen LogP contribution >= 0.6 is 0 Å². The smallest absolute Gasteiger partial charge is 0.243 e. The number of rotatable bonds is 8. The van der Waals surface area contributed by atoms with Crippen molar-refractivity contribution in [3.05, 3.63) is 66.2 Å². The maximum absolute atomic E-state index is 12.9. The largest absolute Gasteiger partial charge is 0.497 e. The normalized spacial score (nSPS) is 14.6. The van der Waals surface area contributed by atoms with E-state index in [-0.39, 0.29) is 36.1 Å². The minimum absolute atomic E-state index is 0.0722. The lowest BCUT2D eigenvalue weighted by molar-refractivity contribution is -0.132. The highest BCUT2D eigenvalue weighted by Crippen LogP contribution is 2.24. The highest BCUT2D eigenvalue weighted by molar-refractivity contribution is 7.89. The fourth-order valence-corrected chi connectivity index (χ4v) is 5.30. The second-order valence-corrected chi connectivity index (χ2v) is 10.2. The summed E-state index contributed by atoms with van der Waals surface area (Å²) in [6, 6.07) is 13.3. The van der Waals surface area contributed by atoms with E-state index >= 15 is 0 Å². The van der Waals surface area contributed by atoms with E-state index in [4.69, 9.17) is 9.15 Å². The van der Waals surface area contributed by atoms with Crippen LogP contribution in [0.25, 0.3) is 11.3 Å².